The number of hydrogen-bond acceptors (Lipinski definition) is 8. The van der Waals surface area contributed by atoms with Gasteiger partial charge in [-0.2, -0.15) is 5.10 Å². The van der Waals surface area contributed by atoms with Crippen LogP contribution in [0.25, 0.3) is 11.3 Å². The van der Waals surface area contributed by atoms with Crippen LogP contribution < -0.4 is 15.5 Å². The standard InChI is InChI=1S/C33H35N7O4/c41-29-11-10-27(31(42)36-29)40-32(43)23-9-8-21(16-24(23)33(40)44)34-17-19-14-22(15-19)39-18-25(30(37-39)20-6-7-20)26-4-3-5-28(35-26)38-12-1-2-13-38/h3-5,8-9,16,18-20,22,27,34H,1-2,6-7,10-15,17H2,(H,36,41,42). The number of hydrogen-bond donors (Lipinski definition) is 2. The van der Waals surface area contributed by atoms with Gasteiger partial charge in [0.25, 0.3) is 11.8 Å². The predicted octanol–water partition coefficient (Wildman–Crippen LogP) is 3.89. The highest BCUT2D eigenvalue weighted by atomic mass is 16.2. The van der Waals surface area contributed by atoms with Gasteiger partial charge in [-0.1, -0.05) is 6.07 Å². The van der Waals surface area contributed by atoms with Crippen molar-refractivity contribution in [2.75, 3.05) is 29.9 Å². The first-order chi connectivity index (χ1) is 21.4. The third-order valence-electron chi connectivity index (χ3n) is 9.78. The predicted molar refractivity (Wildman–Crippen MR) is 162 cm³/mol. The smallest absolute Gasteiger partial charge is 0.262 e. The van der Waals surface area contributed by atoms with Crippen molar-refractivity contribution in [1.29, 1.82) is 0 Å². The quantitative estimate of drug-likeness (QED) is 0.377. The number of carbonyl (C=O) groups excluding carboxylic acids is 4. The first-order valence-electron chi connectivity index (χ1n) is 15.8. The molecule has 0 radical (unpaired) electrons. The van der Waals surface area contributed by atoms with E-state index in [2.05, 4.69) is 44.6 Å². The van der Waals surface area contributed by atoms with Gasteiger partial charge in [0.2, 0.25) is 11.8 Å². The van der Waals surface area contributed by atoms with Crippen LogP contribution in [0.2, 0.25) is 0 Å². The van der Waals surface area contributed by atoms with Crippen molar-refractivity contribution in [2.45, 2.75) is 69.4 Å². The summed E-state index contributed by atoms with van der Waals surface area (Å²) in [5.41, 5.74) is 4.70. The van der Waals surface area contributed by atoms with Crippen molar-refractivity contribution < 1.29 is 19.2 Å². The summed E-state index contributed by atoms with van der Waals surface area (Å²) in [6.45, 7) is 2.89. The Bertz CT molecular complexity index is 1680. The molecule has 2 saturated heterocycles. The lowest BCUT2D eigenvalue weighted by molar-refractivity contribution is -0.136. The summed E-state index contributed by atoms with van der Waals surface area (Å²) in [7, 11) is 0. The molecule has 5 aliphatic rings. The molecule has 3 aromatic rings. The van der Waals surface area contributed by atoms with Gasteiger partial charge in [0.05, 0.1) is 28.6 Å². The number of benzene rings is 1. The van der Waals surface area contributed by atoms with Crippen LogP contribution in [0.5, 0.6) is 0 Å². The second-order valence-corrected chi connectivity index (χ2v) is 12.8. The topological polar surface area (TPSA) is 130 Å². The van der Waals surface area contributed by atoms with Crippen LogP contribution in [0.15, 0.2) is 42.6 Å². The number of rotatable bonds is 8. The van der Waals surface area contributed by atoms with Crippen molar-refractivity contribution in [2.24, 2.45) is 5.92 Å². The van der Waals surface area contributed by atoms with Gasteiger partial charge in [0.15, 0.2) is 0 Å². The van der Waals surface area contributed by atoms with Gasteiger partial charge < -0.3 is 10.2 Å². The average Bonchev–Trinajstić information content (AvgIpc) is 3.41. The second-order valence-electron chi connectivity index (χ2n) is 12.8. The fourth-order valence-electron chi connectivity index (χ4n) is 7.07. The number of piperidine rings is 1. The number of carbonyl (C=O) groups is 4. The van der Waals surface area contributed by atoms with Crippen LogP contribution in [0.1, 0.15) is 89.7 Å². The number of imide groups is 2. The molecule has 4 amide bonds. The molecule has 4 fully saturated rings. The highest BCUT2D eigenvalue weighted by molar-refractivity contribution is 6.23. The molecule has 0 bridgehead atoms. The molecular formula is C33H35N7O4. The van der Waals surface area contributed by atoms with E-state index >= 15 is 0 Å². The molecule has 11 nitrogen and oxygen atoms in total. The van der Waals surface area contributed by atoms with Crippen LogP contribution >= 0.6 is 0 Å². The molecule has 44 heavy (non-hydrogen) atoms. The van der Waals surface area contributed by atoms with E-state index in [9.17, 15) is 19.2 Å². The van der Waals surface area contributed by atoms with Gasteiger partial charge >= 0.3 is 0 Å². The van der Waals surface area contributed by atoms with Gasteiger partial charge in [-0.15, -0.1) is 0 Å². The van der Waals surface area contributed by atoms with E-state index in [0.717, 1.165) is 54.6 Å². The van der Waals surface area contributed by atoms with E-state index in [-0.39, 0.29) is 29.9 Å². The molecule has 5 heterocycles. The lowest BCUT2D eigenvalue weighted by Gasteiger charge is -2.35. The molecule has 0 spiro atoms. The summed E-state index contributed by atoms with van der Waals surface area (Å²) in [5, 5.41) is 10.8. The number of amides is 4. The molecule has 8 rings (SSSR count). The molecule has 2 aliphatic carbocycles. The number of aromatic nitrogens is 3. The number of anilines is 2. The number of nitrogens with zero attached hydrogens (tertiary/aromatic N) is 5. The van der Waals surface area contributed by atoms with E-state index in [1.54, 1.807) is 18.2 Å². The molecule has 1 atom stereocenters. The fraction of sp³-hybridized carbons (Fsp3) is 0.455. The minimum absolute atomic E-state index is 0.101. The Kier molecular flexibility index (Phi) is 6.50. The van der Waals surface area contributed by atoms with Crippen LogP contribution in [-0.4, -0.2) is 69.0 Å². The molecule has 2 aromatic heterocycles. The van der Waals surface area contributed by atoms with E-state index in [1.807, 2.05) is 0 Å². The van der Waals surface area contributed by atoms with Gasteiger partial charge in [-0.05, 0) is 81.2 Å². The van der Waals surface area contributed by atoms with Crippen molar-refractivity contribution in [3.8, 4) is 11.3 Å². The molecular weight excluding hydrogens is 558 g/mol. The SMILES string of the molecule is O=C1CCC(N2C(=O)c3ccc(NCC4CC(n5cc(-c6cccc(N7CCCC7)n6)c(C6CC6)n5)C4)cc3C2=O)C(=O)N1. The lowest BCUT2D eigenvalue weighted by Crippen LogP contribution is -2.54. The Hall–Kier alpha value is -4.54. The highest BCUT2D eigenvalue weighted by Gasteiger charge is 2.44. The zero-order chi connectivity index (χ0) is 29.9. The maximum Gasteiger partial charge on any atom is 0.262 e. The molecule has 11 heteroatoms. The summed E-state index contributed by atoms with van der Waals surface area (Å²) in [4.78, 5) is 58.4. The Labute approximate surface area is 255 Å². The maximum absolute atomic E-state index is 13.2. The van der Waals surface area contributed by atoms with Gasteiger partial charge in [-0.3, -0.25) is 34.1 Å². The zero-order valence-corrected chi connectivity index (χ0v) is 24.5. The number of nitrogens with one attached hydrogen (secondary N) is 2. The lowest BCUT2D eigenvalue weighted by atomic mass is 9.80. The largest absolute Gasteiger partial charge is 0.385 e. The third-order valence-corrected chi connectivity index (χ3v) is 9.78. The Morgan fingerprint density at radius 2 is 1.70 bits per heavy atom. The van der Waals surface area contributed by atoms with E-state index in [4.69, 9.17) is 10.1 Å². The van der Waals surface area contributed by atoms with Crippen molar-refractivity contribution in [1.82, 2.24) is 25.0 Å². The molecule has 2 saturated carbocycles. The minimum Gasteiger partial charge on any atom is -0.385 e. The van der Waals surface area contributed by atoms with Gasteiger partial charge in [0, 0.05) is 49.4 Å². The van der Waals surface area contributed by atoms with Gasteiger partial charge in [0.1, 0.15) is 11.9 Å². The van der Waals surface area contributed by atoms with Crippen molar-refractivity contribution >= 4 is 35.1 Å². The number of fused-ring (bicyclic) bond motifs is 1. The molecule has 1 unspecified atom stereocenters. The second kappa shape index (κ2) is 10.6. The zero-order valence-electron chi connectivity index (χ0n) is 24.5. The Morgan fingerprint density at radius 3 is 2.48 bits per heavy atom. The van der Waals surface area contributed by atoms with E-state index in [0.29, 0.717) is 17.9 Å². The molecule has 2 N–H and O–H groups in total. The van der Waals surface area contributed by atoms with Gasteiger partial charge in [-0.25, -0.2) is 4.98 Å². The minimum atomic E-state index is -0.962. The summed E-state index contributed by atoms with van der Waals surface area (Å²) < 4.78 is 2.16. The van der Waals surface area contributed by atoms with E-state index < -0.39 is 23.8 Å². The number of pyridine rings is 1. The summed E-state index contributed by atoms with van der Waals surface area (Å²) in [6.07, 6.45) is 9.28. The monoisotopic (exact) mass is 593 g/mol. The van der Waals surface area contributed by atoms with Crippen LogP contribution in [-0.2, 0) is 9.59 Å². The van der Waals surface area contributed by atoms with E-state index in [1.165, 1.54) is 36.9 Å². The summed E-state index contributed by atoms with van der Waals surface area (Å²) in [6, 6.07) is 10.9. The highest BCUT2D eigenvalue weighted by Crippen LogP contribution is 2.46. The van der Waals surface area contributed by atoms with Crippen LogP contribution in [0.3, 0.4) is 0 Å². The summed E-state index contributed by atoms with van der Waals surface area (Å²) in [5.74, 6) is 0.0760. The maximum atomic E-state index is 13.2. The summed E-state index contributed by atoms with van der Waals surface area (Å²) >= 11 is 0. The van der Waals surface area contributed by atoms with Crippen molar-refractivity contribution in [3.05, 3.63) is 59.4 Å². The third kappa shape index (κ3) is 4.74. The first kappa shape index (κ1) is 27.0. The molecule has 1 aromatic carbocycles. The normalized spacial score (nSPS) is 24.9. The fourth-order valence-corrected chi connectivity index (χ4v) is 7.07. The Balaban J connectivity index is 0.911. The average molecular weight is 594 g/mol. The molecule has 3 aliphatic heterocycles. The molecule has 226 valence electrons. The van der Waals surface area contributed by atoms with Crippen LogP contribution in [0, 0.1) is 5.92 Å². The van der Waals surface area contributed by atoms with Crippen molar-refractivity contribution in [3.63, 3.8) is 0 Å². The first-order valence-corrected chi connectivity index (χ1v) is 15.8. The van der Waals surface area contributed by atoms with Crippen LogP contribution in [0.4, 0.5) is 11.5 Å². The Morgan fingerprint density at radius 1 is 0.909 bits per heavy atom.